The second kappa shape index (κ2) is 11.9. The van der Waals surface area contributed by atoms with E-state index in [0.29, 0.717) is 49.7 Å². The highest BCUT2D eigenvalue weighted by molar-refractivity contribution is 5.89. The predicted molar refractivity (Wildman–Crippen MR) is 112 cm³/mol. The molecule has 0 saturated heterocycles. The summed E-state index contributed by atoms with van der Waals surface area (Å²) in [6, 6.07) is 0. The minimum Gasteiger partial charge on any atom is -0.466 e. The molecule has 0 aromatic rings. The maximum absolute atomic E-state index is 12.2. The first-order valence-electron chi connectivity index (χ1n) is 10.2. The quantitative estimate of drug-likeness (QED) is 0.711. The van der Waals surface area contributed by atoms with Crippen LogP contribution in [0.1, 0.15) is 59.3 Å². The van der Waals surface area contributed by atoms with Gasteiger partial charge in [-0.2, -0.15) is 0 Å². The monoisotopic (exact) mass is 408 g/mol. The molecule has 1 aliphatic carbocycles. The molecule has 0 aromatic heterocycles. The minimum absolute atomic E-state index is 0.263. The summed E-state index contributed by atoms with van der Waals surface area (Å²) < 4.78 is 15.4. The Kier molecular flexibility index (Phi) is 10.3. The molecular formula is C23H36O6. The molecule has 0 unspecified atom stereocenters. The molecule has 0 aromatic carbocycles. The van der Waals surface area contributed by atoms with Crippen LogP contribution in [0.3, 0.4) is 0 Å². The average Bonchev–Trinajstić information content (AvgIpc) is 2.71. The van der Waals surface area contributed by atoms with Crippen LogP contribution < -0.4 is 0 Å². The van der Waals surface area contributed by atoms with Gasteiger partial charge in [0.2, 0.25) is 0 Å². The molecular weight excluding hydrogens is 372 g/mol. The first-order valence-corrected chi connectivity index (χ1v) is 10.2. The molecule has 0 saturated carbocycles. The molecule has 2 atom stereocenters. The van der Waals surface area contributed by atoms with E-state index in [2.05, 4.69) is 13.8 Å². The van der Waals surface area contributed by atoms with E-state index < -0.39 is 17.7 Å². The summed E-state index contributed by atoms with van der Waals surface area (Å²) in [6.45, 7) is 6.00. The summed E-state index contributed by atoms with van der Waals surface area (Å²) in [5.74, 6) is -0.483. The van der Waals surface area contributed by atoms with Gasteiger partial charge >= 0.3 is 11.9 Å². The first kappa shape index (κ1) is 25.1. The highest BCUT2D eigenvalue weighted by atomic mass is 16.5. The number of aliphatic hydroxyl groups is 1. The molecule has 6 heteroatoms. The van der Waals surface area contributed by atoms with Crippen molar-refractivity contribution in [1.82, 2.24) is 0 Å². The number of aliphatic hydroxyl groups excluding tert-OH is 1. The maximum Gasteiger partial charge on any atom is 0.333 e. The van der Waals surface area contributed by atoms with Crippen molar-refractivity contribution < 1.29 is 28.9 Å². The Morgan fingerprint density at radius 3 is 2.21 bits per heavy atom. The Morgan fingerprint density at radius 1 is 1.03 bits per heavy atom. The number of hydrogen-bond acceptors (Lipinski definition) is 6. The van der Waals surface area contributed by atoms with Gasteiger partial charge in [-0.05, 0) is 51.4 Å². The van der Waals surface area contributed by atoms with Gasteiger partial charge in [-0.3, -0.25) is 0 Å². The molecule has 0 fully saturated rings. The Hall–Kier alpha value is -1.92. The van der Waals surface area contributed by atoms with Crippen LogP contribution in [0.5, 0.6) is 0 Å². The van der Waals surface area contributed by atoms with E-state index in [1.807, 2.05) is 19.1 Å². The lowest BCUT2D eigenvalue weighted by Gasteiger charge is -2.33. The highest BCUT2D eigenvalue weighted by Gasteiger charge is 2.32. The smallest absolute Gasteiger partial charge is 0.333 e. The number of carbonyl (C=O) groups excluding carboxylic acids is 2. The van der Waals surface area contributed by atoms with Crippen molar-refractivity contribution in [1.29, 1.82) is 0 Å². The number of allylic oxidation sites excluding steroid dienone is 4. The van der Waals surface area contributed by atoms with Crippen LogP contribution in [-0.4, -0.2) is 50.1 Å². The van der Waals surface area contributed by atoms with E-state index in [9.17, 15) is 14.7 Å². The van der Waals surface area contributed by atoms with Crippen LogP contribution in [0.4, 0.5) is 0 Å². The number of ether oxygens (including phenoxy) is 3. The van der Waals surface area contributed by atoms with Crippen molar-refractivity contribution in [2.45, 2.75) is 71.0 Å². The molecule has 0 heterocycles. The van der Waals surface area contributed by atoms with Crippen LogP contribution in [0.15, 0.2) is 34.9 Å². The van der Waals surface area contributed by atoms with Crippen molar-refractivity contribution in [3.05, 3.63) is 34.9 Å². The number of methoxy groups -OCH3 is 3. The molecule has 1 aliphatic rings. The molecule has 164 valence electrons. The summed E-state index contributed by atoms with van der Waals surface area (Å²) in [5, 5.41) is 10.7. The SMILES string of the molecule is COC(=O)/C1=C/CC[C@](C)(OC)[C@H](O)CC/C(C(=O)OC)=C\C=C(\C(C)C)CC1. The van der Waals surface area contributed by atoms with Crippen molar-refractivity contribution in [3.8, 4) is 0 Å². The lowest BCUT2D eigenvalue weighted by Crippen LogP contribution is -2.41. The van der Waals surface area contributed by atoms with Crippen LogP contribution >= 0.6 is 0 Å². The topological polar surface area (TPSA) is 82.1 Å². The zero-order valence-corrected chi connectivity index (χ0v) is 18.6. The van der Waals surface area contributed by atoms with E-state index >= 15 is 0 Å². The second-order valence-corrected chi connectivity index (χ2v) is 7.91. The number of esters is 2. The first-order chi connectivity index (χ1) is 13.7. The fourth-order valence-electron chi connectivity index (χ4n) is 3.39. The van der Waals surface area contributed by atoms with Crippen molar-refractivity contribution in [3.63, 3.8) is 0 Å². The van der Waals surface area contributed by atoms with Gasteiger partial charge < -0.3 is 19.3 Å². The van der Waals surface area contributed by atoms with Gasteiger partial charge in [-0.1, -0.05) is 37.6 Å². The summed E-state index contributed by atoms with van der Waals surface area (Å²) in [5.41, 5.74) is 1.45. The fraction of sp³-hybridized carbons (Fsp3) is 0.652. The largest absolute Gasteiger partial charge is 0.466 e. The van der Waals surface area contributed by atoms with E-state index in [-0.39, 0.29) is 11.9 Å². The van der Waals surface area contributed by atoms with E-state index in [1.165, 1.54) is 14.2 Å². The van der Waals surface area contributed by atoms with Crippen LogP contribution in [0.25, 0.3) is 0 Å². The summed E-state index contributed by atoms with van der Waals surface area (Å²) >= 11 is 0. The molecule has 0 spiro atoms. The summed E-state index contributed by atoms with van der Waals surface area (Å²) in [4.78, 5) is 24.4. The van der Waals surface area contributed by atoms with Crippen LogP contribution in [-0.2, 0) is 23.8 Å². The third kappa shape index (κ3) is 7.44. The van der Waals surface area contributed by atoms with Gasteiger partial charge in [-0.25, -0.2) is 9.59 Å². The molecule has 0 amide bonds. The van der Waals surface area contributed by atoms with Gasteiger partial charge in [0, 0.05) is 18.3 Å². The standard InChI is InChI=1S/C23H36O6/c1-16(2)17-9-11-18(21(25)27-4)8-7-15-23(3,29-6)20(24)14-13-19(12-10-17)22(26)28-5/h8,10,12,16,20,24H,7,9,11,13-15H2,1-6H3/b17-10+,18-8+,19-12+/t20-,23+/m1/s1. The van der Waals surface area contributed by atoms with Gasteiger partial charge in [0.1, 0.15) is 0 Å². The van der Waals surface area contributed by atoms with Gasteiger partial charge in [0.25, 0.3) is 0 Å². The highest BCUT2D eigenvalue weighted by Crippen LogP contribution is 2.28. The summed E-state index contributed by atoms with van der Waals surface area (Å²) in [6.07, 6.45) is 7.91. The molecule has 29 heavy (non-hydrogen) atoms. The number of carbonyl (C=O) groups is 2. The molecule has 0 bridgehead atoms. The Bertz CT molecular complexity index is 658. The van der Waals surface area contributed by atoms with E-state index in [4.69, 9.17) is 14.2 Å². The Morgan fingerprint density at radius 2 is 1.66 bits per heavy atom. The predicted octanol–water partition coefficient (Wildman–Crippen LogP) is 3.89. The van der Waals surface area contributed by atoms with Crippen LogP contribution in [0.2, 0.25) is 0 Å². The van der Waals surface area contributed by atoms with E-state index in [1.54, 1.807) is 13.2 Å². The minimum atomic E-state index is -0.790. The average molecular weight is 409 g/mol. The molecule has 6 nitrogen and oxygen atoms in total. The summed E-state index contributed by atoms with van der Waals surface area (Å²) in [7, 11) is 4.29. The Labute approximate surface area is 174 Å². The normalized spacial score (nSPS) is 30.1. The third-order valence-electron chi connectivity index (χ3n) is 5.71. The molecule has 1 rings (SSSR count). The van der Waals surface area contributed by atoms with Gasteiger partial charge in [0.05, 0.1) is 25.9 Å². The van der Waals surface area contributed by atoms with Crippen LogP contribution in [0, 0.1) is 5.92 Å². The zero-order valence-electron chi connectivity index (χ0n) is 18.6. The number of rotatable bonds is 4. The number of hydrogen-bond donors (Lipinski definition) is 1. The molecule has 1 N–H and O–H groups in total. The molecule has 0 radical (unpaired) electrons. The zero-order chi connectivity index (χ0) is 22.0. The Balaban J connectivity index is 3.34. The lowest BCUT2D eigenvalue weighted by molar-refractivity contribution is -0.137. The van der Waals surface area contributed by atoms with Crippen molar-refractivity contribution in [2.24, 2.45) is 5.92 Å². The lowest BCUT2D eigenvalue weighted by atomic mass is 9.87. The fourth-order valence-corrected chi connectivity index (χ4v) is 3.39. The van der Waals surface area contributed by atoms with E-state index in [0.717, 1.165) is 5.57 Å². The maximum atomic E-state index is 12.2. The third-order valence-corrected chi connectivity index (χ3v) is 5.71. The van der Waals surface area contributed by atoms with Gasteiger partial charge in [-0.15, -0.1) is 0 Å². The van der Waals surface area contributed by atoms with Crippen molar-refractivity contribution in [2.75, 3.05) is 21.3 Å². The molecule has 0 aliphatic heterocycles. The van der Waals surface area contributed by atoms with Crippen molar-refractivity contribution >= 4 is 11.9 Å². The second-order valence-electron chi connectivity index (χ2n) is 7.91. The van der Waals surface area contributed by atoms with Gasteiger partial charge in [0.15, 0.2) is 0 Å².